The Bertz CT molecular complexity index is 941. The summed E-state index contributed by atoms with van der Waals surface area (Å²) in [5.74, 6) is -0.340. The molecule has 0 fully saturated rings. The number of aryl methyl sites for hydroxylation is 1. The number of nitrogens with one attached hydrogen (secondary N) is 1. The van der Waals surface area contributed by atoms with E-state index in [1.807, 2.05) is 30.3 Å². The van der Waals surface area contributed by atoms with Gasteiger partial charge in [-0.1, -0.05) is 30.3 Å². The van der Waals surface area contributed by atoms with Crippen LogP contribution < -0.4 is 5.43 Å². The van der Waals surface area contributed by atoms with Crippen molar-refractivity contribution < 1.29 is 4.79 Å². The number of pyridine rings is 1. The third kappa shape index (κ3) is 4.19. The number of hydrogen-bond donors (Lipinski definition) is 1. The molecule has 0 atom stereocenters. The van der Waals surface area contributed by atoms with Crippen LogP contribution in [0.5, 0.6) is 0 Å². The lowest BCUT2D eigenvalue weighted by molar-refractivity contribution is 0.0955. The van der Waals surface area contributed by atoms with Gasteiger partial charge in [-0.25, -0.2) is 5.43 Å². The summed E-state index contributed by atoms with van der Waals surface area (Å²) in [5.41, 5.74) is 5.33. The molecule has 1 N–H and O–H groups in total. The number of carbonyl (C=O) groups excluding carboxylic acids is 1. The number of rotatable bonds is 6. The van der Waals surface area contributed by atoms with E-state index in [0.29, 0.717) is 18.5 Å². The molecule has 0 aliphatic heterocycles. The molecule has 26 heavy (non-hydrogen) atoms. The first-order chi connectivity index (χ1) is 12.8. The molecule has 0 saturated heterocycles. The number of aromatic nitrogens is 3. The van der Waals surface area contributed by atoms with Crippen LogP contribution in [0.3, 0.4) is 0 Å². The van der Waals surface area contributed by atoms with Crippen LogP contribution in [0.4, 0.5) is 0 Å². The number of carbonyl (C=O) groups is 1. The maximum absolute atomic E-state index is 12.0. The van der Waals surface area contributed by atoms with E-state index >= 15 is 0 Å². The first kappa shape index (κ1) is 17.0. The SMILES string of the molecule is N#CCCn1cc(/C=N\NC(=O)c2cccnc2)c(-c2ccccc2)n1. The molecule has 1 aromatic carbocycles. The third-order valence-electron chi connectivity index (χ3n) is 3.58. The van der Waals surface area contributed by atoms with Gasteiger partial charge in [-0.05, 0) is 12.1 Å². The third-order valence-corrected chi connectivity index (χ3v) is 3.58. The number of amides is 1. The van der Waals surface area contributed by atoms with Crippen molar-refractivity contribution in [3.8, 4) is 17.3 Å². The van der Waals surface area contributed by atoms with Crippen LogP contribution in [0, 0.1) is 11.3 Å². The summed E-state index contributed by atoms with van der Waals surface area (Å²) in [4.78, 5) is 15.9. The fourth-order valence-electron chi connectivity index (χ4n) is 2.35. The van der Waals surface area contributed by atoms with Gasteiger partial charge in [0.1, 0.15) is 5.69 Å². The molecule has 0 radical (unpaired) electrons. The Morgan fingerprint density at radius 3 is 2.85 bits per heavy atom. The highest BCUT2D eigenvalue weighted by Gasteiger charge is 2.10. The Kier molecular flexibility index (Phi) is 5.47. The van der Waals surface area contributed by atoms with Gasteiger partial charge in [0.2, 0.25) is 0 Å². The lowest BCUT2D eigenvalue weighted by atomic mass is 10.1. The zero-order valence-corrected chi connectivity index (χ0v) is 13.9. The average Bonchev–Trinajstić information content (AvgIpc) is 3.10. The number of benzene rings is 1. The second kappa shape index (κ2) is 8.35. The van der Waals surface area contributed by atoms with E-state index in [1.165, 1.54) is 6.20 Å². The molecule has 3 aromatic rings. The van der Waals surface area contributed by atoms with Gasteiger partial charge >= 0.3 is 0 Å². The normalized spacial score (nSPS) is 10.6. The summed E-state index contributed by atoms with van der Waals surface area (Å²) in [7, 11) is 0. The lowest BCUT2D eigenvalue weighted by Gasteiger charge is -1.99. The van der Waals surface area contributed by atoms with Crippen molar-refractivity contribution >= 4 is 12.1 Å². The lowest BCUT2D eigenvalue weighted by Crippen LogP contribution is -2.17. The van der Waals surface area contributed by atoms with Crippen molar-refractivity contribution in [3.63, 3.8) is 0 Å². The van der Waals surface area contributed by atoms with Gasteiger partial charge in [-0.15, -0.1) is 0 Å². The molecule has 2 aromatic heterocycles. The van der Waals surface area contributed by atoms with Gasteiger partial charge in [-0.2, -0.15) is 15.5 Å². The zero-order chi connectivity index (χ0) is 18.2. The minimum Gasteiger partial charge on any atom is -0.270 e. The Balaban J connectivity index is 1.80. The van der Waals surface area contributed by atoms with E-state index in [-0.39, 0.29) is 5.91 Å². The molecule has 0 aliphatic carbocycles. The molecular formula is C19H16N6O. The zero-order valence-electron chi connectivity index (χ0n) is 13.9. The summed E-state index contributed by atoms with van der Waals surface area (Å²) in [6.45, 7) is 0.492. The van der Waals surface area contributed by atoms with E-state index < -0.39 is 0 Å². The van der Waals surface area contributed by atoms with Gasteiger partial charge in [0.05, 0.1) is 30.8 Å². The first-order valence-corrected chi connectivity index (χ1v) is 8.01. The maximum atomic E-state index is 12.0. The highest BCUT2D eigenvalue weighted by Crippen LogP contribution is 2.20. The maximum Gasteiger partial charge on any atom is 0.272 e. The van der Waals surface area contributed by atoms with Crippen LogP contribution in [0.1, 0.15) is 22.3 Å². The summed E-state index contributed by atoms with van der Waals surface area (Å²) >= 11 is 0. The molecule has 3 rings (SSSR count). The number of hydrazone groups is 1. The first-order valence-electron chi connectivity index (χ1n) is 8.01. The average molecular weight is 344 g/mol. The Labute approximate surface area is 150 Å². The van der Waals surface area contributed by atoms with Crippen LogP contribution in [0.15, 0.2) is 66.2 Å². The van der Waals surface area contributed by atoms with Crippen LogP contribution >= 0.6 is 0 Å². The summed E-state index contributed by atoms with van der Waals surface area (Å²) < 4.78 is 1.70. The second-order valence-electron chi connectivity index (χ2n) is 5.41. The Morgan fingerprint density at radius 2 is 2.12 bits per heavy atom. The fraction of sp³-hybridized carbons (Fsp3) is 0.105. The highest BCUT2D eigenvalue weighted by molar-refractivity contribution is 5.95. The van der Waals surface area contributed by atoms with Gasteiger partial charge in [0.15, 0.2) is 0 Å². The van der Waals surface area contributed by atoms with Crippen molar-refractivity contribution in [2.45, 2.75) is 13.0 Å². The minimum absolute atomic E-state index is 0.340. The van der Waals surface area contributed by atoms with Crippen LogP contribution in [-0.4, -0.2) is 26.9 Å². The van der Waals surface area contributed by atoms with Gasteiger partial charge in [0.25, 0.3) is 5.91 Å². The smallest absolute Gasteiger partial charge is 0.270 e. The van der Waals surface area contributed by atoms with E-state index in [2.05, 4.69) is 26.7 Å². The molecule has 2 heterocycles. The second-order valence-corrected chi connectivity index (χ2v) is 5.41. The summed E-state index contributed by atoms with van der Waals surface area (Å²) in [6, 6.07) is 15.1. The van der Waals surface area contributed by atoms with Gasteiger partial charge in [-0.3, -0.25) is 14.5 Å². The topological polar surface area (TPSA) is 96.0 Å². The number of nitriles is 1. The number of nitrogens with zero attached hydrogens (tertiary/aromatic N) is 5. The fourth-order valence-corrected chi connectivity index (χ4v) is 2.35. The Hall–Kier alpha value is -3.79. The summed E-state index contributed by atoms with van der Waals surface area (Å²) in [5, 5.41) is 17.3. The summed E-state index contributed by atoms with van der Waals surface area (Å²) in [6.07, 6.45) is 6.79. The van der Waals surface area contributed by atoms with Gasteiger partial charge < -0.3 is 0 Å². The van der Waals surface area contributed by atoms with Crippen molar-refractivity contribution in [1.29, 1.82) is 5.26 Å². The van der Waals surface area contributed by atoms with Crippen molar-refractivity contribution in [1.82, 2.24) is 20.2 Å². The molecule has 7 nitrogen and oxygen atoms in total. The molecule has 128 valence electrons. The van der Waals surface area contributed by atoms with Crippen LogP contribution in [-0.2, 0) is 6.54 Å². The molecule has 0 bridgehead atoms. The predicted molar refractivity (Wildman–Crippen MR) is 97.2 cm³/mol. The Morgan fingerprint density at radius 1 is 1.27 bits per heavy atom. The van der Waals surface area contributed by atoms with E-state index in [0.717, 1.165) is 16.8 Å². The predicted octanol–water partition coefficient (Wildman–Crippen LogP) is 2.62. The van der Waals surface area contributed by atoms with Gasteiger partial charge in [0, 0.05) is 29.7 Å². The van der Waals surface area contributed by atoms with Crippen molar-refractivity contribution in [2.75, 3.05) is 0 Å². The molecule has 0 unspecified atom stereocenters. The minimum atomic E-state index is -0.340. The molecule has 0 saturated carbocycles. The van der Waals surface area contributed by atoms with E-state index in [9.17, 15) is 4.79 Å². The largest absolute Gasteiger partial charge is 0.272 e. The standard InChI is InChI=1S/C19H16N6O/c20-9-5-11-25-14-17(18(24-25)15-6-2-1-3-7-15)13-22-23-19(26)16-8-4-10-21-12-16/h1-4,6-8,10,12-14H,5,11H2,(H,23,26)/b22-13-. The quantitative estimate of drug-likeness (QED) is 0.549. The molecule has 0 spiro atoms. The van der Waals surface area contributed by atoms with Crippen LogP contribution in [0.2, 0.25) is 0 Å². The van der Waals surface area contributed by atoms with Crippen molar-refractivity contribution in [3.05, 3.63) is 72.2 Å². The van der Waals surface area contributed by atoms with E-state index in [1.54, 1.807) is 35.4 Å². The monoisotopic (exact) mass is 344 g/mol. The highest BCUT2D eigenvalue weighted by atomic mass is 16.2. The van der Waals surface area contributed by atoms with E-state index in [4.69, 9.17) is 5.26 Å². The number of hydrogen-bond acceptors (Lipinski definition) is 5. The molecular weight excluding hydrogens is 328 g/mol. The molecule has 7 heteroatoms. The van der Waals surface area contributed by atoms with Crippen molar-refractivity contribution in [2.24, 2.45) is 5.10 Å². The molecule has 1 amide bonds. The van der Waals surface area contributed by atoms with Crippen LogP contribution in [0.25, 0.3) is 11.3 Å². The molecule has 0 aliphatic rings.